The average molecular weight is 880 g/mol. The largest absolute Gasteiger partial charge is 0.498 e. The van der Waals surface area contributed by atoms with E-state index in [4.69, 9.17) is 18.9 Å². The molecular formula is C48H73N5O6S2. The van der Waals surface area contributed by atoms with Crippen LogP contribution in [-0.4, -0.2) is 134 Å². The molecule has 5 fully saturated rings. The molecule has 9 aliphatic rings. The number of carbonyl (C=O) groups is 2. The molecule has 0 radical (unpaired) electrons. The van der Waals surface area contributed by atoms with E-state index in [1.807, 2.05) is 21.6 Å². The summed E-state index contributed by atoms with van der Waals surface area (Å²) in [5, 5.41) is 7.69. The fourth-order valence-electron chi connectivity index (χ4n) is 13.3. The van der Waals surface area contributed by atoms with Gasteiger partial charge < -0.3 is 39.4 Å². The lowest BCUT2D eigenvalue weighted by Crippen LogP contribution is -2.48. The summed E-state index contributed by atoms with van der Waals surface area (Å²) in [7, 11) is 9.49. The summed E-state index contributed by atoms with van der Waals surface area (Å²) in [4.78, 5) is 35.6. The molecule has 338 valence electrons. The van der Waals surface area contributed by atoms with E-state index in [1.165, 1.54) is 24.8 Å². The van der Waals surface area contributed by atoms with Gasteiger partial charge in [-0.2, -0.15) is 0 Å². The lowest BCUT2D eigenvalue weighted by Gasteiger charge is -2.39. The standard InChI is InChI=1S/C48H73N5O6S2/c1-48(2,61-60-6)28-51(3)33-16-29(26-58-44-22-38-36(20-42(44)56-4)46(54)52-34(24-49-38)18-31-11-7-9-13-40(31)52)15-30(17-33)27-59-45-23-39-37(21-43(45)57-5)47(55)53-35(25-50-39)19-32-12-8-10-14-41(32)53/h7,11,16,30-41,49-50H,8-10,12-15,17-28H2,1-6H3/t30-,31-,32+,33+,34+,35+,36+,37-,38-,39+,40?,41?/m1/s1. The summed E-state index contributed by atoms with van der Waals surface area (Å²) in [6.07, 6.45) is 22.9. The Bertz CT molecular complexity index is 1770. The number of methoxy groups -OCH3 is 2. The molecule has 4 heterocycles. The third-order valence-corrected chi connectivity index (χ3v) is 18.7. The van der Waals surface area contributed by atoms with Gasteiger partial charge >= 0.3 is 0 Å². The quantitative estimate of drug-likeness (QED) is 0.148. The Balaban J connectivity index is 0.879. The third-order valence-electron chi connectivity index (χ3n) is 16.1. The van der Waals surface area contributed by atoms with E-state index >= 15 is 0 Å². The number of nitrogens with one attached hydrogen (secondary N) is 2. The van der Waals surface area contributed by atoms with Gasteiger partial charge in [0.25, 0.3) is 0 Å². The Hall–Kier alpha value is -2.32. The fourth-order valence-corrected chi connectivity index (χ4v) is 15.5. The molecule has 61 heavy (non-hydrogen) atoms. The molecule has 1 saturated carbocycles. The van der Waals surface area contributed by atoms with Crippen molar-refractivity contribution in [3.05, 3.63) is 46.8 Å². The van der Waals surface area contributed by atoms with E-state index in [2.05, 4.69) is 70.7 Å². The van der Waals surface area contributed by atoms with Crippen LogP contribution in [0, 0.1) is 29.6 Å². The lowest BCUT2D eigenvalue weighted by molar-refractivity contribution is -0.140. The van der Waals surface area contributed by atoms with Crippen molar-refractivity contribution in [1.29, 1.82) is 0 Å². The van der Waals surface area contributed by atoms with Crippen molar-refractivity contribution in [3.8, 4) is 0 Å². The highest BCUT2D eigenvalue weighted by atomic mass is 33.1. The Morgan fingerprint density at radius 2 is 1.46 bits per heavy atom. The first-order valence-corrected chi connectivity index (χ1v) is 26.3. The van der Waals surface area contributed by atoms with Crippen LogP contribution in [0.4, 0.5) is 0 Å². The van der Waals surface area contributed by atoms with E-state index in [9.17, 15) is 9.59 Å². The second-order valence-electron chi connectivity index (χ2n) is 20.5. The zero-order valence-corrected chi connectivity index (χ0v) is 39.3. The van der Waals surface area contributed by atoms with E-state index in [0.29, 0.717) is 80.7 Å². The number of hydrogen-bond acceptors (Lipinski definition) is 11. The van der Waals surface area contributed by atoms with Crippen molar-refractivity contribution in [1.82, 2.24) is 25.3 Å². The van der Waals surface area contributed by atoms with Crippen LogP contribution in [0.15, 0.2) is 46.8 Å². The molecular weight excluding hydrogens is 807 g/mol. The molecule has 0 spiro atoms. The second-order valence-corrected chi connectivity index (χ2v) is 23.6. The van der Waals surface area contributed by atoms with Crippen molar-refractivity contribution in [3.63, 3.8) is 0 Å². The van der Waals surface area contributed by atoms with Crippen LogP contribution in [-0.2, 0) is 28.5 Å². The summed E-state index contributed by atoms with van der Waals surface area (Å²) < 4.78 is 25.8. The first-order chi connectivity index (χ1) is 29.5. The van der Waals surface area contributed by atoms with Crippen molar-refractivity contribution >= 4 is 33.4 Å². The number of likely N-dealkylation sites (N-methyl/N-ethyl adjacent to an activating group) is 1. The summed E-state index contributed by atoms with van der Waals surface area (Å²) in [5.41, 5.74) is 1.28. The molecule has 0 bridgehead atoms. The fraction of sp³-hybridized carbons (Fsp3) is 0.792. The van der Waals surface area contributed by atoms with Gasteiger partial charge in [0.2, 0.25) is 11.8 Å². The minimum absolute atomic E-state index is 0.0404. The molecule has 2 amide bonds. The summed E-state index contributed by atoms with van der Waals surface area (Å²) >= 11 is 0. The topological polar surface area (TPSA) is 105 Å². The number of rotatable bonds is 13. The van der Waals surface area contributed by atoms with Gasteiger partial charge in [-0.25, -0.2) is 0 Å². The molecule has 4 aliphatic heterocycles. The van der Waals surface area contributed by atoms with Crippen molar-refractivity contribution in [2.24, 2.45) is 29.6 Å². The van der Waals surface area contributed by atoms with Crippen LogP contribution in [0.2, 0.25) is 0 Å². The average Bonchev–Trinajstić information content (AvgIpc) is 3.75. The smallest absolute Gasteiger partial charge is 0.228 e. The molecule has 11 nitrogen and oxygen atoms in total. The number of carbonyl (C=O) groups excluding carboxylic acids is 2. The van der Waals surface area contributed by atoms with Crippen molar-refractivity contribution < 1.29 is 28.5 Å². The van der Waals surface area contributed by atoms with E-state index in [1.54, 1.807) is 14.2 Å². The third kappa shape index (κ3) is 9.04. The van der Waals surface area contributed by atoms with Crippen LogP contribution in [0.25, 0.3) is 0 Å². The molecule has 5 aliphatic carbocycles. The van der Waals surface area contributed by atoms with Gasteiger partial charge in [0, 0.05) is 92.4 Å². The molecule has 9 rings (SSSR count). The van der Waals surface area contributed by atoms with E-state index < -0.39 is 0 Å². The molecule has 13 heteroatoms. The minimum Gasteiger partial charge on any atom is -0.498 e. The van der Waals surface area contributed by atoms with E-state index in [-0.39, 0.29) is 46.7 Å². The predicted molar refractivity (Wildman–Crippen MR) is 243 cm³/mol. The number of hydrogen-bond donors (Lipinski definition) is 2. The monoisotopic (exact) mass is 880 g/mol. The number of amides is 2. The molecule has 0 aromatic rings. The van der Waals surface area contributed by atoms with Gasteiger partial charge in [0.05, 0.1) is 32.7 Å². The van der Waals surface area contributed by atoms with Crippen LogP contribution < -0.4 is 10.6 Å². The van der Waals surface area contributed by atoms with Crippen LogP contribution in [0.5, 0.6) is 0 Å². The van der Waals surface area contributed by atoms with Gasteiger partial charge in [-0.1, -0.05) is 52.7 Å². The maximum atomic E-state index is 14.3. The normalized spacial score (nSPS) is 37.5. The van der Waals surface area contributed by atoms with Gasteiger partial charge in [-0.3, -0.25) is 14.5 Å². The SMILES string of the molecule is COC1=C(OC[C@@H]2CC(COC3=C(OC)C[C@@H]4C(=O)N5C6CCC=C[C@@H]6C[C@H]5CN[C@@H]4C3)=C[C@H](N(C)CC(C)(C)SSC)C2)C[C@@H]2NC[C@@H]3C[C@@H]4CCCCC4N3C(=O)[C@@H]2C1. The number of nitrogens with zero attached hydrogens (tertiary/aromatic N) is 3. The number of fused-ring (bicyclic) bond motifs is 8. The summed E-state index contributed by atoms with van der Waals surface area (Å²) in [6, 6.07) is 1.65. The van der Waals surface area contributed by atoms with Crippen LogP contribution in [0.3, 0.4) is 0 Å². The highest BCUT2D eigenvalue weighted by Gasteiger charge is 2.52. The Kier molecular flexibility index (Phi) is 13.4. The zero-order chi connectivity index (χ0) is 42.4. The second kappa shape index (κ2) is 18.6. The minimum atomic E-state index is -0.137. The van der Waals surface area contributed by atoms with Gasteiger partial charge in [-0.15, -0.1) is 0 Å². The predicted octanol–water partition coefficient (Wildman–Crippen LogP) is 7.02. The molecule has 12 atom stereocenters. The lowest BCUT2D eigenvalue weighted by atomic mass is 9.82. The maximum Gasteiger partial charge on any atom is 0.228 e. The van der Waals surface area contributed by atoms with E-state index in [0.717, 1.165) is 87.6 Å². The molecule has 2 unspecified atom stereocenters. The Labute approximate surface area is 373 Å². The first kappa shape index (κ1) is 43.9. The van der Waals surface area contributed by atoms with Crippen molar-refractivity contribution in [2.45, 2.75) is 151 Å². The van der Waals surface area contributed by atoms with Crippen LogP contribution in [0.1, 0.15) is 104 Å². The number of allylic oxidation sites excluding steroid dienone is 3. The Morgan fingerprint density at radius 3 is 2.15 bits per heavy atom. The highest BCUT2D eigenvalue weighted by Crippen LogP contribution is 2.45. The van der Waals surface area contributed by atoms with Gasteiger partial charge in [-0.05, 0) is 102 Å². The Morgan fingerprint density at radius 1 is 0.803 bits per heavy atom. The van der Waals surface area contributed by atoms with Crippen molar-refractivity contribution in [2.75, 3.05) is 60.4 Å². The highest BCUT2D eigenvalue weighted by molar-refractivity contribution is 8.77. The number of ether oxygens (including phenoxy) is 4. The molecule has 0 aromatic carbocycles. The molecule has 0 aromatic heterocycles. The van der Waals surface area contributed by atoms with Gasteiger partial charge in [0.1, 0.15) is 29.6 Å². The van der Waals surface area contributed by atoms with Crippen LogP contribution >= 0.6 is 21.6 Å². The molecule has 2 N–H and O–H groups in total. The zero-order valence-electron chi connectivity index (χ0n) is 37.7. The molecule has 4 saturated heterocycles. The summed E-state index contributed by atoms with van der Waals surface area (Å²) in [5.74, 6) is 5.25. The first-order valence-electron chi connectivity index (χ1n) is 23.7. The maximum absolute atomic E-state index is 14.3. The van der Waals surface area contributed by atoms with Gasteiger partial charge in [0.15, 0.2) is 0 Å². The summed E-state index contributed by atoms with van der Waals surface area (Å²) in [6.45, 7) is 8.41.